The summed E-state index contributed by atoms with van der Waals surface area (Å²) in [7, 11) is 1.90. The highest BCUT2D eigenvalue weighted by molar-refractivity contribution is 5.73. The molecule has 0 aliphatic carbocycles. The standard InChI is InChI=1S/C23H23N5O2/c1-16-9-10-19(12-23(29)30-15-18-7-5-4-6-8-18)11-22(16)28-14-21(25-26-28)20-13-24-27(3)17(20)2/h4-11,13-14H,12,15H2,1-3H3. The number of esters is 1. The molecule has 0 N–H and O–H groups in total. The van der Waals surface area contributed by atoms with Crippen LogP contribution in [-0.4, -0.2) is 30.7 Å². The molecule has 0 fully saturated rings. The predicted molar refractivity (Wildman–Crippen MR) is 113 cm³/mol. The van der Waals surface area contributed by atoms with E-state index in [1.807, 2.05) is 75.6 Å². The Morgan fingerprint density at radius 2 is 1.87 bits per heavy atom. The minimum Gasteiger partial charge on any atom is -0.461 e. The van der Waals surface area contributed by atoms with E-state index in [1.165, 1.54) is 0 Å². The number of rotatable bonds is 6. The maximum absolute atomic E-state index is 12.3. The quantitative estimate of drug-likeness (QED) is 0.462. The smallest absolute Gasteiger partial charge is 0.310 e. The van der Waals surface area contributed by atoms with E-state index < -0.39 is 0 Å². The Labute approximate surface area is 174 Å². The molecule has 0 unspecified atom stereocenters. The molecule has 0 atom stereocenters. The van der Waals surface area contributed by atoms with Crippen LogP contribution in [0.15, 0.2) is 60.9 Å². The van der Waals surface area contributed by atoms with Crippen molar-refractivity contribution in [3.8, 4) is 16.9 Å². The van der Waals surface area contributed by atoms with Crippen molar-refractivity contribution in [1.82, 2.24) is 24.8 Å². The summed E-state index contributed by atoms with van der Waals surface area (Å²) in [5.74, 6) is -0.265. The number of nitrogens with zero attached hydrogens (tertiary/aromatic N) is 5. The summed E-state index contributed by atoms with van der Waals surface area (Å²) in [6.07, 6.45) is 3.86. The third-order valence-electron chi connectivity index (χ3n) is 5.12. The molecule has 30 heavy (non-hydrogen) atoms. The number of hydrogen-bond acceptors (Lipinski definition) is 5. The van der Waals surface area contributed by atoms with Gasteiger partial charge in [0.25, 0.3) is 0 Å². The van der Waals surface area contributed by atoms with Gasteiger partial charge in [-0.05, 0) is 36.6 Å². The second kappa shape index (κ2) is 8.32. The lowest BCUT2D eigenvalue weighted by Gasteiger charge is -2.09. The third kappa shape index (κ3) is 4.15. The van der Waals surface area contributed by atoms with E-state index in [2.05, 4.69) is 15.4 Å². The van der Waals surface area contributed by atoms with E-state index in [4.69, 9.17) is 4.74 Å². The monoisotopic (exact) mass is 401 g/mol. The Bertz CT molecular complexity index is 1180. The maximum atomic E-state index is 12.3. The molecular weight excluding hydrogens is 378 g/mol. The Morgan fingerprint density at radius 1 is 1.07 bits per heavy atom. The van der Waals surface area contributed by atoms with Gasteiger partial charge in [-0.2, -0.15) is 5.10 Å². The molecule has 0 aliphatic rings. The number of carbonyl (C=O) groups excluding carboxylic acids is 1. The van der Waals surface area contributed by atoms with Crippen LogP contribution in [0, 0.1) is 13.8 Å². The predicted octanol–water partition coefficient (Wildman–Crippen LogP) is 3.57. The van der Waals surface area contributed by atoms with Crippen LogP contribution < -0.4 is 0 Å². The van der Waals surface area contributed by atoms with Crippen molar-refractivity contribution in [2.45, 2.75) is 26.9 Å². The van der Waals surface area contributed by atoms with Crippen LogP contribution in [0.1, 0.15) is 22.4 Å². The molecule has 2 aromatic heterocycles. The van der Waals surface area contributed by atoms with Crippen molar-refractivity contribution in [3.05, 3.63) is 83.3 Å². The highest BCUT2D eigenvalue weighted by Gasteiger charge is 2.13. The second-order valence-electron chi connectivity index (χ2n) is 7.26. The highest BCUT2D eigenvalue weighted by atomic mass is 16.5. The molecule has 0 radical (unpaired) electrons. The highest BCUT2D eigenvalue weighted by Crippen LogP contribution is 2.22. The molecule has 7 heteroatoms. The maximum Gasteiger partial charge on any atom is 0.310 e. The van der Waals surface area contributed by atoms with Crippen molar-refractivity contribution >= 4 is 5.97 Å². The van der Waals surface area contributed by atoms with E-state index in [9.17, 15) is 4.79 Å². The molecule has 0 bridgehead atoms. The summed E-state index contributed by atoms with van der Waals surface area (Å²) in [5, 5.41) is 12.8. The molecule has 152 valence electrons. The number of aromatic nitrogens is 5. The Morgan fingerprint density at radius 3 is 2.60 bits per heavy atom. The molecule has 0 saturated heterocycles. The second-order valence-corrected chi connectivity index (χ2v) is 7.26. The van der Waals surface area contributed by atoms with Gasteiger partial charge in [0.05, 0.1) is 24.5 Å². The van der Waals surface area contributed by atoms with Gasteiger partial charge in [-0.1, -0.05) is 47.7 Å². The molecular formula is C23H23N5O2. The largest absolute Gasteiger partial charge is 0.461 e. The molecule has 0 saturated carbocycles. The first-order valence-electron chi connectivity index (χ1n) is 9.72. The minimum absolute atomic E-state index is 0.198. The van der Waals surface area contributed by atoms with Gasteiger partial charge in [-0.15, -0.1) is 5.10 Å². The zero-order valence-corrected chi connectivity index (χ0v) is 17.2. The van der Waals surface area contributed by atoms with Gasteiger partial charge in [-0.3, -0.25) is 9.48 Å². The Hall–Kier alpha value is -3.74. The average molecular weight is 401 g/mol. The van der Waals surface area contributed by atoms with Crippen LogP contribution in [-0.2, 0) is 29.6 Å². The van der Waals surface area contributed by atoms with Crippen LogP contribution in [0.5, 0.6) is 0 Å². The molecule has 4 aromatic rings. The normalized spacial score (nSPS) is 10.9. The van der Waals surface area contributed by atoms with E-state index in [-0.39, 0.29) is 19.0 Å². The number of aryl methyl sites for hydroxylation is 2. The first-order valence-corrected chi connectivity index (χ1v) is 9.72. The summed E-state index contributed by atoms with van der Waals surface area (Å²) < 4.78 is 8.94. The van der Waals surface area contributed by atoms with Gasteiger partial charge in [0.1, 0.15) is 12.3 Å². The number of hydrogen-bond donors (Lipinski definition) is 0. The lowest BCUT2D eigenvalue weighted by atomic mass is 10.1. The van der Waals surface area contributed by atoms with Crippen molar-refractivity contribution in [1.29, 1.82) is 0 Å². The molecule has 2 aromatic carbocycles. The lowest BCUT2D eigenvalue weighted by Crippen LogP contribution is -2.09. The minimum atomic E-state index is -0.265. The van der Waals surface area contributed by atoms with Crippen LogP contribution in [0.2, 0.25) is 0 Å². The topological polar surface area (TPSA) is 74.8 Å². The number of ether oxygens (including phenoxy) is 1. The number of carbonyl (C=O) groups is 1. The van der Waals surface area contributed by atoms with E-state index in [1.54, 1.807) is 15.6 Å². The average Bonchev–Trinajstić information content (AvgIpc) is 3.36. The van der Waals surface area contributed by atoms with E-state index in [0.29, 0.717) is 0 Å². The van der Waals surface area contributed by atoms with Gasteiger partial charge < -0.3 is 4.74 Å². The first-order chi connectivity index (χ1) is 14.5. The van der Waals surface area contributed by atoms with Crippen molar-refractivity contribution in [2.24, 2.45) is 7.05 Å². The molecule has 4 rings (SSSR count). The molecule has 7 nitrogen and oxygen atoms in total. The molecule has 0 spiro atoms. The van der Waals surface area contributed by atoms with Crippen molar-refractivity contribution in [3.63, 3.8) is 0 Å². The van der Waals surface area contributed by atoms with Gasteiger partial charge in [-0.25, -0.2) is 4.68 Å². The fourth-order valence-electron chi connectivity index (χ4n) is 3.22. The SMILES string of the molecule is Cc1ccc(CC(=O)OCc2ccccc2)cc1-n1cc(-c2cnn(C)c2C)nn1. The van der Waals surface area contributed by atoms with Crippen molar-refractivity contribution < 1.29 is 9.53 Å². The first kappa shape index (κ1) is 19.6. The van der Waals surface area contributed by atoms with Crippen molar-refractivity contribution in [2.75, 3.05) is 0 Å². The van der Waals surface area contributed by atoms with Crippen LogP contribution in [0.25, 0.3) is 16.9 Å². The fraction of sp³-hybridized carbons (Fsp3) is 0.217. The van der Waals surface area contributed by atoms with E-state index in [0.717, 1.165) is 39.3 Å². The fourth-order valence-corrected chi connectivity index (χ4v) is 3.22. The lowest BCUT2D eigenvalue weighted by molar-refractivity contribution is -0.144. The zero-order valence-electron chi connectivity index (χ0n) is 17.2. The van der Waals surface area contributed by atoms with Gasteiger partial charge >= 0.3 is 5.97 Å². The Balaban J connectivity index is 1.50. The summed E-state index contributed by atoms with van der Waals surface area (Å²) >= 11 is 0. The van der Waals surface area contributed by atoms with Gasteiger partial charge in [0.2, 0.25) is 0 Å². The third-order valence-corrected chi connectivity index (χ3v) is 5.12. The summed E-state index contributed by atoms with van der Waals surface area (Å²) in [5.41, 5.74) is 6.47. The van der Waals surface area contributed by atoms with Gasteiger partial charge in [0, 0.05) is 18.3 Å². The van der Waals surface area contributed by atoms with Gasteiger partial charge in [0.15, 0.2) is 0 Å². The summed E-state index contributed by atoms with van der Waals surface area (Å²) in [4.78, 5) is 12.3. The van der Waals surface area contributed by atoms with Crippen LogP contribution >= 0.6 is 0 Å². The Kier molecular flexibility index (Phi) is 5.43. The molecule has 0 amide bonds. The van der Waals surface area contributed by atoms with Crippen LogP contribution in [0.4, 0.5) is 0 Å². The zero-order chi connectivity index (χ0) is 21.1. The van der Waals surface area contributed by atoms with E-state index >= 15 is 0 Å². The van der Waals surface area contributed by atoms with Crippen LogP contribution in [0.3, 0.4) is 0 Å². The summed E-state index contributed by atoms with van der Waals surface area (Å²) in [6, 6.07) is 15.5. The summed E-state index contributed by atoms with van der Waals surface area (Å²) in [6.45, 7) is 4.27. The number of benzene rings is 2. The molecule has 0 aliphatic heterocycles. The molecule has 2 heterocycles.